The molecule has 6 nitrogen and oxygen atoms in total. The number of benzene rings is 2. The fourth-order valence-electron chi connectivity index (χ4n) is 2.93. The van der Waals surface area contributed by atoms with Gasteiger partial charge in [0.15, 0.2) is 0 Å². The number of anilines is 1. The van der Waals surface area contributed by atoms with E-state index in [0.29, 0.717) is 12.4 Å². The summed E-state index contributed by atoms with van der Waals surface area (Å²) in [6, 6.07) is 15.9. The highest BCUT2D eigenvalue weighted by Crippen LogP contribution is 2.27. The summed E-state index contributed by atoms with van der Waals surface area (Å²) in [6.45, 7) is 2.82. The fraction of sp³-hybridized carbons (Fsp3) is 0.222. The summed E-state index contributed by atoms with van der Waals surface area (Å²) in [4.78, 5) is 15.7. The van der Waals surface area contributed by atoms with E-state index in [2.05, 4.69) is 21.5 Å². The van der Waals surface area contributed by atoms with Crippen molar-refractivity contribution in [1.82, 2.24) is 20.2 Å². The third-order valence-corrected chi connectivity index (χ3v) is 4.23. The van der Waals surface area contributed by atoms with Crippen molar-refractivity contribution in [3.63, 3.8) is 0 Å². The van der Waals surface area contributed by atoms with Crippen LogP contribution in [0.3, 0.4) is 0 Å². The number of fused-ring (bicyclic) bond motifs is 1. The maximum Gasteiger partial charge on any atom is 0.250 e. The van der Waals surface area contributed by atoms with Gasteiger partial charge in [-0.3, -0.25) is 4.79 Å². The van der Waals surface area contributed by atoms with Crippen LogP contribution in [-0.2, 0) is 17.8 Å². The van der Waals surface area contributed by atoms with Gasteiger partial charge < -0.3 is 4.90 Å². The molecule has 0 atom stereocenters. The Kier molecular flexibility index (Phi) is 3.57. The molecule has 0 spiro atoms. The van der Waals surface area contributed by atoms with E-state index in [1.165, 1.54) is 15.9 Å². The molecule has 0 fully saturated rings. The topological polar surface area (TPSA) is 63.9 Å². The average Bonchev–Trinajstić information content (AvgIpc) is 3.22. The Labute approximate surface area is 139 Å². The van der Waals surface area contributed by atoms with Gasteiger partial charge in [-0.15, -0.1) is 10.2 Å². The van der Waals surface area contributed by atoms with Gasteiger partial charge in [-0.1, -0.05) is 48.0 Å². The summed E-state index contributed by atoms with van der Waals surface area (Å²) in [5, 5.41) is 12.4. The Balaban J connectivity index is 1.50. The molecule has 1 aromatic heterocycles. The predicted octanol–water partition coefficient (Wildman–Crippen LogP) is 2.24. The number of carbonyl (C=O) groups excluding carboxylic acids is 1. The molecule has 1 aliphatic heterocycles. The van der Waals surface area contributed by atoms with Crippen LogP contribution in [0.25, 0.3) is 11.4 Å². The Morgan fingerprint density at radius 3 is 2.75 bits per heavy atom. The van der Waals surface area contributed by atoms with Gasteiger partial charge in [0.25, 0.3) is 5.91 Å². The van der Waals surface area contributed by atoms with E-state index in [-0.39, 0.29) is 12.5 Å². The van der Waals surface area contributed by atoms with Crippen LogP contribution in [0.4, 0.5) is 5.69 Å². The standard InChI is InChI=1S/C18H17N5O/c1-13-6-8-15(9-7-13)18-19-21-23(20-18)12-17(24)22-11-10-14-4-2-3-5-16(14)22/h2-9H,10-12H2,1H3. The number of amides is 1. The molecule has 0 saturated heterocycles. The first kappa shape index (κ1) is 14.6. The summed E-state index contributed by atoms with van der Waals surface area (Å²) in [7, 11) is 0. The lowest BCUT2D eigenvalue weighted by molar-refractivity contribution is -0.119. The van der Waals surface area contributed by atoms with E-state index in [1.54, 1.807) is 4.90 Å². The first-order valence-corrected chi connectivity index (χ1v) is 7.94. The molecule has 2 heterocycles. The van der Waals surface area contributed by atoms with E-state index in [0.717, 1.165) is 17.7 Å². The SMILES string of the molecule is Cc1ccc(-c2nnn(CC(=O)N3CCc4ccccc43)n2)cc1. The molecule has 2 aromatic carbocycles. The summed E-state index contributed by atoms with van der Waals surface area (Å²) in [5.74, 6) is 0.512. The third kappa shape index (κ3) is 2.67. The number of para-hydroxylation sites is 1. The van der Waals surface area contributed by atoms with Gasteiger partial charge in [-0.25, -0.2) is 0 Å². The van der Waals surface area contributed by atoms with Gasteiger partial charge >= 0.3 is 0 Å². The molecular weight excluding hydrogens is 302 g/mol. The Bertz CT molecular complexity index is 884. The van der Waals surface area contributed by atoms with Crippen LogP contribution in [0, 0.1) is 6.92 Å². The molecule has 0 radical (unpaired) electrons. The summed E-state index contributed by atoms with van der Waals surface area (Å²) < 4.78 is 0. The smallest absolute Gasteiger partial charge is 0.250 e. The number of nitrogens with zero attached hydrogens (tertiary/aromatic N) is 5. The molecule has 0 unspecified atom stereocenters. The van der Waals surface area contributed by atoms with Crippen molar-refractivity contribution in [3.05, 3.63) is 59.7 Å². The summed E-state index contributed by atoms with van der Waals surface area (Å²) in [6.07, 6.45) is 0.890. The summed E-state index contributed by atoms with van der Waals surface area (Å²) >= 11 is 0. The molecule has 120 valence electrons. The maximum atomic E-state index is 12.6. The second kappa shape index (κ2) is 5.88. The van der Waals surface area contributed by atoms with Gasteiger partial charge in [0, 0.05) is 17.8 Å². The van der Waals surface area contributed by atoms with Gasteiger partial charge in [-0.2, -0.15) is 4.80 Å². The van der Waals surface area contributed by atoms with Gasteiger partial charge in [-0.05, 0) is 30.2 Å². The zero-order chi connectivity index (χ0) is 16.5. The maximum absolute atomic E-state index is 12.6. The molecule has 0 bridgehead atoms. The second-order valence-electron chi connectivity index (χ2n) is 5.93. The second-order valence-corrected chi connectivity index (χ2v) is 5.93. The van der Waals surface area contributed by atoms with Crippen molar-refractivity contribution < 1.29 is 4.79 Å². The minimum absolute atomic E-state index is 0.0205. The van der Waals surface area contributed by atoms with Crippen molar-refractivity contribution in [3.8, 4) is 11.4 Å². The molecule has 1 aliphatic rings. The van der Waals surface area contributed by atoms with Crippen LogP contribution in [0.15, 0.2) is 48.5 Å². The van der Waals surface area contributed by atoms with E-state index >= 15 is 0 Å². The Morgan fingerprint density at radius 2 is 1.92 bits per heavy atom. The lowest BCUT2D eigenvalue weighted by Crippen LogP contribution is -2.32. The highest BCUT2D eigenvalue weighted by molar-refractivity contribution is 5.95. The molecule has 24 heavy (non-hydrogen) atoms. The Hall–Kier alpha value is -3.02. The molecule has 6 heteroatoms. The average molecular weight is 319 g/mol. The molecule has 0 N–H and O–H groups in total. The monoisotopic (exact) mass is 319 g/mol. The largest absolute Gasteiger partial charge is 0.310 e. The first-order valence-electron chi connectivity index (χ1n) is 7.94. The molecule has 0 aliphatic carbocycles. The van der Waals surface area contributed by atoms with Crippen LogP contribution in [0.2, 0.25) is 0 Å². The van der Waals surface area contributed by atoms with Gasteiger partial charge in [0.1, 0.15) is 6.54 Å². The number of hydrogen-bond donors (Lipinski definition) is 0. The minimum atomic E-state index is -0.0205. The quantitative estimate of drug-likeness (QED) is 0.743. The Morgan fingerprint density at radius 1 is 1.12 bits per heavy atom. The number of tetrazole rings is 1. The minimum Gasteiger partial charge on any atom is -0.310 e. The summed E-state index contributed by atoms with van der Waals surface area (Å²) in [5.41, 5.74) is 4.26. The van der Waals surface area contributed by atoms with Crippen LogP contribution >= 0.6 is 0 Å². The normalized spacial score (nSPS) is 13.1. The lowest BCUT2D eigenvalue weighted by Gasteiger charge is -2.16. The number of aryl methyl sites for hydroxylation is 1. The predicted molar refractivity (Wildman–Crippen MR) is 90.5 cm³/mol. The first-order chi connectivity index (χ1) is 11.7. The molecule has 0 saturated carbocycles. The van der Waals surface area contributed by atoms with Crippen molar-refractivity contribution in [2.45, 2.75) is 19.9 Å². The van der Waals surface area contributed by atoms with Crippen LogP contribution in [0.5, 0.6) is 0 Å². The van der Waals surface area contributed by atoms with E-state index in [4.69, 9.17) is 0 Å². The number of rotatable bonds is 3. The van der Waals surface area contributed by atoms with E-state index in [1.807, 2.05) is 49.4 Å². The lowest BCUT2D eigenvalue weighted by atomic mass is 10.1. The van der Waals surface area contributed by atoms with Crippen LogP contribution in [-0.4, -0.2) is 32.7 Å². The van der Waals surface area contributed by atoms with Crippen molar-refractivity contribution in [2.24, 2.45) is 0 Å². The number of aromatic nitrogens is 4. The highest BCUT2D eigenvalue weighted by atomic mass is 16.2. The third-order valence-electron chi connectivity index (χ3n) is 4.23. The van der Waals surface area contributed by atoms with Gasteiger partial charge in [0.2, 0.25) is 5.82 Å². The molecular formula is C18H17N5O. The zero-order valence-corrected chi connectivity index (χ0v) is 13.4. The van der Waals surface area contributed by atoms with E-state index < -0.39 is 0 Å². The zero-order valence-electron chi connectivity index (χ0n) is 13.4. The molecule has 3 aromatic rings. The van der Waals surface area contributed by atoms with Crippen molar-refractivity contribution >= 4 is 11.6 Å². The number of carbonyl (C=O) groups is 1. The van der Waals surface area contributed by atoms with Gasteiger partial charge in [0.05, 0.1) is 0 Å². The van der Waals surface area contributed by atoms with E-state index in [9.17, 15) is 4.79 Å². The van der Waals surface area contributed by atoms with Crippen LogP contribution < -0.4 is 4.90 Å². The van der Waals surface area contributed by atoms with Crippen molar-refractivity contribution in [1.29, 1.82) is 0 Å². The van der Waals surface area contributed by atoms with Crippen molar-refractivity contribution in [2.75, 3.05) is 11.4 Å². The highest BCUT2D eigenvalue weighted by Gasteiger charge is 2.24. The molecule has 1 amide bonds. The molecule has 4 rings (SSSR count). The fourth-order valence-corrected chi connectivity index (χ4v) is 2.93. The number of hydrogen-bond acceptors (Lipinski definition) is 4. The van der Waals surface area contributed by atoms with Crippen LogP contribution in [0.1, 0.15) is 11.1 Å².